The van der Waals surface area contributed by atoms with Crippen LogP contribution < -0.4 is 10.6 Å². The number of rotatable bonds is 8. The fourth-order valence-electron chi connectivity index (χ4n) is 2.28. The van der Waals surface area contributed by atoms with E-state index in [1.54, 1.807) is 6.92 Å². The summed E-state index contributed by atoms with van der Waals surface area (Å²) < 4.78 is 5.08. The van der Waals surface area contributed by atoms with E-state index >= 15 is 0 Å². The van der Waals surface area contributed by atoms with Crippen molar-refractivity contribution in [3.8, 4) is 0 Å². The highest BCUT2D eigenvalue weighted by molar-refractivity contribution is 5.80. The quantitative estimate of drug-likeness (QED) is 0.686. The van der Waals surface area contributed by atoms with Gasteiger partial charge in [0.25, 0.3) is 0 Å². The van der Waals surface area contributed by atoms with Crippen molar-refractivity contribution in [2.45, 2.75) is 32.2 Å². The molecule has 0 radical (unpaired) electrons. The number of hydrogen-bond acceptors (Lipinski definition) is 4. The van der Waals surface area contributed by atoms with Crippen molar-refractivity contribution in [3.63, 3.8) is 0 Å². The van der Waals surface area contributed by atoms with Crippen LogP contribution in [0.25, 0.3) is 0 Å². The van der Waals surface area contributed by atoms with Gasteiger partial charge in [-0.15, -0.1) is 0 Å². The van der Waals surface area contributed by atoms with E-state index in [0.29, 0.717) is 6.54 Å². The number of nitrogens with one attached hydrogen (secondary N) is 2. The zero-order valence-electron chi connectivity index (χ0n) is 14.0. The Balaban J connectivity index is 1.84. The lowest BCUT2D eigenvalue weighted by molar-refractivity contribution is -0.140. The van der Waals surface area contributed by atoms with Gasteiger partial charge in [-0.2, -0.15) is 0 Å². The highest BCUT2D eigenvalue weighted by Gasteiger charge is 2.26. The smallest absolute Gasteiger partial charge is 0.408 e. The molecule has 0 saturated carbocycles. The standard InChI is InChI=1S/C19H22N2O4/c1-14(20-12-15-8-4-2-5-9-15)17(18(22)23)21-19(24)25-13-16-10-6-3-7-11-16/h2-11,14,17,20H,12-13H2,1H3,(H,21,24)(H,22,23)/t14-,17+/m1/s1. The second kappa shape index (κ2) is 9.44. The van der Waals surface area contributed by atoms with Gasteiger partial charge in [0.2, 0.25) is 0 Å². The van der Waals surface area contributed by atoms with Crippen molar-refractivity contribution in [1.82, 2.24) is 10.6 Å². The van der Waals surface area contributed by atoms with Gasteiger partial charge in [-0.05, 0) is 18.1 Å². The van der Waals surface area contributed by atoms with Crippen molar-refractivity contribution in [3.05, 3.63) is 71.8 Å². The fraction of sp³-hybridized carbons (Fsp3) is 0.263. The lowest BCUT2D eigenvalue weighted by atomic mass is 10.1. The summed E-state index contributed by atoms with van der Waals surface area (Å²) in [6, 6.07) is 17.3. The number of ether oxygens (including phenoxy) is 1. The molecule has 3 N–H and O–H groups in total. The lowest BCUT2D eigenvalue weighted by Crippen LogP contribution is -2.52. The molecule has 0 fully saturated rings. The predicted molar refractivity (Wildman–Crippen MR) is 93.9 cm³/mol. The van der Waals surface area contributed by atoms with E-state index in [1.807, 2.05) is 60.7 Å². The molecule has 1 amide bonds. The Morgan fingerprint density at radius 1 is 1.00 bits per heavy atom. The minimum atomic E-state index is -1.12. The molecule has 25 heavy (non-hydrogen) atoms. The summed E-state index contributed by atoms with van der Waals surface area (Å²) in [5, 5.41) is 14.9. The van der Waals surface area contributed by atoms with E-state index in [4.69, 9.17) is 4.74 Å². The van der Waals surface area contributed by atoms with Crippen LogP contribution in [0.1, 0.15) is 18.1 Å². The van der Waals surface area contributed by atoms with Gasteiger partial charge < -0.3 is 20.5 Å². The van der Waals surface area contributed by atoms with Gasteiger partial charge in [0.1, 0.15) is 12.6 Å². The molecule has 2 aromatic carbocycles. The number of carboxylic acid groups (broad SMARTS) is 1. The number of benzene rings is 2. The van der Waals surface area contributed by atoms with Crippen LogP contribution in [-0.4, -0.2) is 29.3 Å². The molecule has 0 unspecified atom stereocenters. The summed E-state index contributed by atoms with van der Waals surface area (Å²) in [6.07, 6.45) is -0.760. The maximum atomic E-state index is 11.9. The molecule has 2 aromatic rings. The van der Waals surface area contributed by atoms with E-state index in [-0.39, 0.29) is 6.61 Å². The summed E-state index contributed by atoms with van der Waals surface area (Å²) in [5.74, 6) is -1.12. The van der Waals surface area contributed by atoms with Crippen LogP contribution in [0.2, 0.25) is 0 Å². The molecular weight excluding hydrogens is 320 g/mol. The highest BCUT2D eigenvalue weighted by Crippen LogP contribution is 2.03. The molecule has 0 aliphatic carbocycles. The van der Waals surface area contributed by atoms with Crippen molar-refractivity contribution >= 4 is 12.1 Å². The Morgan fingerprint density at radius 2 is 1.56 bits per heavy atom. The largest absolute Gasteiger partial charge is 0.480 e. The molecule has 2 rings (SSSR count). The molecule has 0 spiro atoms. The summed E-state index contributed by atoms with van der Waals surface area (Å²) in [7, 11) is 0. The number of alkyl carbamates (subject to hydrolysis) is 1. The maximum absolute atomic E-state index is 11.9. The van der Waals surface area contributed by atoms with Crippen molar-refractivity contribution < 1.29 is 19.4 Å². The van der Waals surface area contributed by atoms with Crippen molar-refractivity contribution in [2.24, 2.45) is 0 Å². The molecule has 6 heteroatoms. The van der Waals surface area contributed by atoms with Crippen molar-refractivity contribution in [2.75, 3.05) is 0 Å². The molecule has 2 atom stereocenters. The number of amides is 1. The summed E-state index contributed by atoms with van der Waals surface area (Å²) in [6.45, 7) is 2.30. The van der Waals surface area contributed by atoms with Gasteiger partial charge in [-0.3, -0.25) is 0 Å². The third kappa shape index (κ3) is 6.27. The zero-order valence-corrected chi connectivity index (χ0v) is 14.0. The number of hydrogen-bond donors (Lipinski definition) is 3. The summed E-state index contributed by atoms with van der Waals surface area (Å²) >= 11 is 0. The summed E-state index contributed by atoms with van der Waals surface area (Å²) in [5.41, 5.74) is 1.87. The fourth-order valence-corrected chi connectivity index (χ4v) is 2.28. The van der Waals surface area contributed by atoms with E-state index in [0.717, 1.165) is 11.1 Å². The molecule has 0 saturated heterocycles. The molecule has 132 valence electrons. The number of carboxylic acids is 1. The lowest BCUT2D eigenvalue weighted by Gasteiger charge is -2.22. The van der Waals surface area contributed by atoms with E-state index in [9.17, 15) is 14.7 Å². The molecule has 0 aromatic heterocycles. The first kappa shape index (κ1) is 18.5. The maximum Gasteiger partial charge on any atom is 0.408 e. The topological polar surface area (TPSA) is 87.7 Å². The Bertz CT molecular complexity index is 676. The SMILES string of the molecule is C[C@@H](NCc1ccccc1)[C@H](NC(=O)OCc1ccccc1)C(=O)O. The predicted octanol–water partition coefficient (Wildman–Crippen LogP) is 2.54. The van der Waals surface area contributed by atoms with Gasteiger partial charge in [-0.1, -0.05) is 60.7 Å². The molecule has 0 heterocycles. The first-order valence-electron chi connectivity index (χ1n) is 8.03. The van der Waals surface area contributed by atoms with E-state index in [1.165, 1.54) is 0 Å². The first-order chi connectivity index (χ1) is 12.1. The molecule has 0 aliphatic heterocycles. The van der Waals surface area contributed by atoms with Crippen LogP contribution in [0.4, 0.5) is 4.79 Å². The van der Waals surface area contributed by atoms with Gasteiger partial charge in [0.15, 0.2) is 0 Å². The molecule has 0 bridgehead atoms. The second-order valence-electron chi connectivity index (χ2n) is 5.68. The van der Waals surface area contributed by atoms with E-state index < -0.39 is 24.1 Å². The minimum Gasteiger partial charge on any atom is -0.480 e. The number of carbonyl (C=O) groups is 2. The van der Waals surface area contributed by atoms with Crippen LogP contribution >= 0.6 is 0 Å². The van der Waals surface area contributed by atoms with Gasteiger partial charge in [0, 0.05) is 12.6 Å². The number of aliphatic carboxylic acids is 1. The Kier molecular flexibility index (Phi) is 6.98. The highest BCUT2D eigenvalue weighted by atomic mass is 16.5. The normalized spacial score (nSPS) is 12.8. The minimum absolute atomic E-state index is 0.0881. The third-order valence-corrected chi connectivity index (χ3v) is 3.72. The monoisotopic (exact) mass is 342 g/mol. The molecular formula is C19H22N2O4. The van der Waals surface area contributed by atoms with Gasteiger partial charge in [0.05, 0.1) is 0 Å². The van der Waals surface area contributed by atoms with Gasteiger partial charge >= 0.3 is 12.1 Å². The molecule has 6 nitrogen and oxygen atoms in total. The Morgan fingerprint density at radius 3 is 2.12 bits per heavy atom. The van der Waals surface area contributed by atoms with Crippen molar-refractivity contribution in [1.29, 1.82) is 0 Å². The second-order valence-corrected chi connectivity index (χ2v) is 5.68. The van der Waals surface area contributed by atoms with Crippen LogP contribution in [0, 0.1) is 0 Å². The third-order valence-electron chi connectivity index (χ3n) is 3.72. The van der Waals surface area contributed by atoms with Gasteiger partial charge in [-0.25, -0.2) is 9.59 Å². The Labute approximate surface area is 146 Å². The van der Waals surface area contributed by atoms with Crippen LogP contribution in [-0.2, 0) is 22.7 Å². The molecule has 0 aliphatic rings. The average Bonchev–Trinajstić information content (AvgIpc) is 2.64. The van der Waals surface area contributed by atoms with E-state index in [2.05, 4.69) is 10.6 Å². The van der Waals surface area contributed by atoms with Crippen LogP contribution in [0.15, 0.2) is 60.7 Å². The Hall–Kier alpha value is -2.86. The zero-order chi connectivity index (χ0) is 18.1. The average molecular weight is 342 g/mol. The summed E-state index contributed by atoms with van der Waals surface area (Å²) in [4.78, 5) is 23.3. The number of carbonyl (C=O) groups excluding carboxylic acids is 1. The van der Waals surface area contributed by atoms with Crippen LogP contribution in [0.5, 0.6) is 0 Å². The van der Waals surface area contributed by atoms with Crippen LogP contribution in [0.3, 0.4) is 0 Å². The first-order valence-corrected chi connectivity index (χ1v) is 8.03.